The van der Waals surface area contributed by atoms with Crippen molar-refractivity contribution in [2.75, 3.05) is 5.73 Å². The summed E-state index contributed by atoms with van der Waals surface area (Å²) in [6.07, 6.45) is 2.19. The molecule has 1 aromatic heterocycles. The van der Waals surface area contributed by atoms with Gasteiger partial charge in [-0.2, -0.15) is 0 Å². The third kappa shape index (κ3) is 1.17. The molecule has 4 rings (SSSR count). The summed E-state index contributed by atoms with van der Waals surface area (Å²) < 4.78 is 6.49. The maximum atomic E-state index is 5.93. The number of benzene rings is 1. The van der Waals surface area contributed by atoms with Gasteiger partial charge in [0.25, 0.3) is 0 Å². The lowest BCUT2D eigenvalue weighted by Gasteiger charge is -2.25. The molecule has 3 nitrogen and oxygen atoms in total. The Labute approximate surface area is 113 Å². The zero-order valence-corrected chi connectivity index (χ0v) is 11.6. The molecule has 1 spiro atoms. The summed E-state index contributed by atoms with van der Waals surface area (Å²) in [5.74, 6) is 2.11. The van der Waals surface area contributed by atoms with Gasteiger partial charge >= 0.3 is 0 Å². The lowest BCUT2D eigenvalue weighted by atomic mass is 9.78. The van der Waals surface area contributed by atoms with E-state index in [4.69, 9.17) is 10.3 Å². The number of hydrogen-bond donors (Lipinski definition) is 1. The molecular weight excluding hydrogens is 292 g/mol. The highest BCUT2D eigenvalue weighted by Gasteiger charge is 2.56. The quantitative estimate of drug-likeness (QED) is 0.810. The van der Waals surface area contributed by atoms with Crippen LogP contribution in [-0.2, 0) is 11.8 Å². The summed E-state index contributed by atoms with van der Waals surface area (Å²) >= 11 is 3.53. The molecule has 1 saturated carbocycles. The van der Waals surface area contributed by atoms with Gasteiger partial charge in [-0.1, -0.05) is 34.1 Å². The standard InChI is InChI=1S/C14H13BrN2O/c1-7-5-14(7)6-10-12(18-17-13(10)16)9-4-8(15)2-3-11(9)14/h2-4,7H,5-6H2,1H3,(H2,16,17)/t7?,14-/m1/s1. The molecule has 18 heavy (non-hydrogen) atoms. The Morgan fingerprint density at radius 1 is 1.50 bits per heavy atom. The lowest BCUT2D eigenvalue weighted by molar-refractivity contribution is 0.431. The van der Waals surface area contributed by atoms with Gasteiger partial charge < -0.3 is 10.3 Å². The number of rotatable bonds is 0. The maximum Gasteiger partial charge on any atom is 0.172 e. The third-order valence-corrected chi connectivity index (χ3v) is 5.02. The number of nitrogens with two attached hydrogens (primary N) is 1. The average molecular weight is 305 g/mol. The van der Waals surface area contributed by atoms with Crippen LogP contribution in [-0.4, -0.2) is 5.16 Å². The molecule has 2 atom stereocenters. The van der Waals surface area contributed by atoms with Gasteiger partial charge in [-0.15, -0.1) is 0 Å². The summed E-state index contributed by atoms with van der Waals surface area (Å²) in [7, 11) is 0. The zero-order chi connectivity index (χ0) is 12.5. The van der Waals surface area contributed by atoms with Crippen molar-refractivity contribution in [2.45, 2.75) is 25.2 Å². The van der Waals surface area contributed by atoms with Gasteiger partial charge in [-0.3, -0.25) is 0 Å². The van der Waals surface area contributed by atoms with Crippen LogP contribution in [0.5, 0.6) is 0 Å². The zero-order valence-electron chi connectivity index (χ0n) is 10.0. The van der Waals surface area contributed by atoms with Crippen molar-refractivity contribution in [1.29, 1.82) is 0 Å². The van der Waals surface area contributed by atoms with Crippen molar-refractivity contribution >= 4 is 21.7 Å². The number of fused-ring (bicyclic) bond motifs is 4. The predicted octanol–water partition coefficient (Wildman–Crippen LogP) is 3.52. The predicted molar refractivity (Wildman–Crippen MR) is 73.2 cm³/mol. The van der Waals surface area contributed by atoms with Crippen LogP contribution in [0.3, 0.4) is 0 Å². The van der Waals surface area contributed by atoms with Gasteiger partial charge in [-0.05, 0) is 36.5 Å². The number of nitrogen functional groups attached to an aromatic ring is 1. The fourth-order valence-electron chi connectivity index (χ4n) is 3.36. The first-order valence-electron chi connectivity index (χ1n) is 6.16. The first-order chi connectivity index (χ1) is 8.62. The van der Waals surface area contributed by atoms with Gasteiger partial charge in [0.2, 0.25) is 0 Å². The Kier molecular flexibility index (Phi) is 1.87. The summed E-state index contributed by atoms with van der Waals surface area (Å²) in [6.45, 7) is 2.31. The molecule has 1 unspecified atom stereocenters. The van der Waals surface area contributed by atoms with Gasteiger partial charge in [-0.25, -0.2) is 0 Å². The Hall–Kier alpha value is -1.29. The van der Waals surface area contributed by atoms with Crippen molar-refractivity contribution in [3.8, 4) is 11.3 Å². The van der Waals surface area contributed by atoms with Crippen molar-refractivity contribution in [3.05, 3.63) is 33.8 Å². The summed E-state index contributed by atoms with van der Waals surface area (Å²) in [6, 6.07) is 6.44. The molecule has 0 saturated heterocycles. The second kappa shape index (κ2) is 3.18. The van der Waals surface area contributed by atoms with Crippen LogP contribution in [0.4, 0.5) is 5.82 Å². The minimum atomic E-state index is 0.267. The normalized spacial score (nSPS) is 28.0. The molecule has 0 aliphatic heterocycles. The van der Waals surface area contributed by atoms with E-state index in [0.717, 1.165) is 27.8 Å². The van der Waals surface area contributed by atoms with E-state index in [-0.39, 0.29) is 5.41 Å². The average Bonchev–Trinajstić information content (AvgIpc) is 2.81. The Bertz CT molecular complexity index is 664. The molecule has 1 heterocycles. The fourth-order valence-corrected chi connectivity index (χ4v) is 3.72. The molecule has 92 valence electrons. The number of nitrogens with zero attached hydrogens (tertiary/aromatic N) is 1. The molecule has 1 fully saturated rings. The smallest absolute Gasteiger partial charge is 0.172 e. The molecule has 2 aliphatic carbocycles. The third-order valence-electron chi connectivity index (χ3n) is 4.53. The van der Waals surface area contributed by atoms with Crippen LogP contribution in [0.15, 0.2) is 27.2 Å². The molecule has 1 aromatic carbocycles. The van der Waals surface area contributed by atoms with E-state index in [1.807, 2.05) is 0 Å². The van der Waals surface area contributed by atoms with E-state index in [2.05, 4.69) is 46.2 Å². The summed E-state index contributed by atoms with van der Waals surface area (Å²) in [5.41, 5.74) is 9.83. The van der Waals surface area contributed by atoms with Gasteiger partial charge in [0.05, 0.1) is 0 Å². The van der Waals surface area contributed by atoms with Crippen molar-refractivity contribution < 1.29 is 4.52 Å². The van der Waals surface area contributed by atoms with E-state index in [9.17, 15) is 0 Å². The molecule has 0 amide bonds. The fraction of sp³-hybridized carbons (Fsp3) is 0.357. The summed E-state index contributed by atoms with van der Waals surface area (Å²) in [5, 5.41) is 3.93. The monoisotopic (exact) mass is 304 g/mol. The van der Waals surface area contributed by atoms with Crippen LogP contribution in [0, 0.1) is 5.92 Å². The molecule has 2 N–H and O–H groups in total. The van der Waals surface area contributed by atoms with Gasteiger partial charge in [0, 0.05) is 21.0 Å². The maximum absolute atomic E-state index is 5.93. The second-order valence-electron chi connectivity index (χ2n) is 5.50. The minimum Gasteiger partial charge on any atom is -0.381 e. The van der Waals surface area contributed by atoms with E-state index < -0.39 is 0 Å². The van der Waals surface area contributed by atoms with Crippen molar-refractivity contribution in [3.63, 3.8) is 0 Å². The van der Waals surface area contributed by atoms with Gasteiger partial charge in [0.15, 0.2) is 11.6 Å². The largest absolute Gasteiger partial charge is 0.381 e. The van der Waals surface area contributed by atoms with Gasteiger partial charge in [0.1, 0.15) is 0 Å². The topological polar surface area (TPSA) is 52.0 Å². The highest BCUT2D eigenvalue weighted by Crippen LogP contribution is 2.61. The minimum absolute atomic E-state index is 0.267. The van der Waals surface area contributed by atoms with Crippen LogP contribution < -0.4 is 5.73 Å². The Balaban J connectivity index is 2.04. The van der Waals surface area contributed by atoms with E-state index in [0.29, 0.717) is 11.7 Å². The van der Waals surface area contributed by atoms with E-state index >= 15 is 0 Å². The van der Waals surface area contributed by atoms with Crippen LogP contribution in [0.2, 0.25) is 0 Å². The molecule has 4 heteroatoms. The Morgan fingerprint density at radius 2 is 2.28 bits per heavy atom. The lowest BCUT2D eigenvalue weighted by Crippen LogP contribution is -2.19. The second-order valence-corrected chi connectivity index (χ2v) is 6.42. The van der Waals surface area contributed by atoms with Crippen LogP contribution in [0.25, 0.3) is 11.3 Å². The molecule has 2 aromatic rings. The highest BCUT2D eigenvalue weighted by molar-refractivity contribution is 9.10. The SMILES string of the molecule is CC1C[C@@]12Cc1c(N)noc1-c1cc(Br)ccc12. The van der Waals surface area contributed by atoms with E-state index in [1.165, 1.54) is 12.0 Å². The number of anilines is 1. The molecule has 2 aliphatic rings. The number of hydrogen-bond acceptors (Lipinski definition) is 3. The van der Waals surface area contributed by atoms with Crippen LogP contribution in [0.1, 0.15) is 24.5 Å². The van der Waals surface area contributed by atoms with Crippen LogP contribution >= 0.6 is 15.9 Å². The van der Waals surface area contributed by atoms with Crippen molar-refractivity contribution in [1.82, 2.24) is 5.16 Å². The molecule has 0 bridgehead atoms. The Morgan fingerprint density at radius 3 is 3.00 bits per heavy atom. The number of halogens is 1. The first kappa shape index (κ1) is 10.6. The number of aromatic nitrogens is 1. The summed E-state index contributed by atoms with van der Waals surface area (Å²) in [4.78, 5) is 0. The van der Waals surface area contributed by atoms with Crippen molar-refractivity contribution in [2.24, 2.45) is 5.92 Å². The molecule has 0 radical (unpaired) electrons. The first-order valence-corrected chi connectivity index (χ1v) is 6.95. The van der Waals surface area contributed by atoms with E-state index in [1.54, 1.807) is 0 Å². The molecular formula is C14H13BrN2O. The highest BCUT2D eigenvalue weighted by atomic mass is 79.9.